The number of aromatic amines is 2. The predicted molar refractivity (Wildman–Crippen MR) is 213 cm³/mol. The number of carbonyl (C=O) groups excluding carboxylic acids is 2. The van der Waals surface area contributed by atoms with Crippen molar-refractivity contribution in [2.45, 2.75) is 83.0 Å². The largest absolute Gasteiger partial charge is 0.469 e. The van der Waals surface area contributed by atoms with Crippen LogP contribution in [0.15, 0.2) is 24.3 Å². The molecule has 15 nitrogen and oxygen atoms in total. The predicted octanol–water partition coefficient (Wildman–Crippen LogP) is 6.88. The van der Waals surface area contributed by atoms with E-state index in [1.165, 1.54) is 7.11 Å². The van der Waals surface area contributed by atoms with Crippen molar-refractivity contribution in [2.75, 3.05) is 7.11 Å². The highest BCUT2D eigenvalue weighted by molar-refractivity contribution is 6.13. The van der Waals surface area contributed by atoms with Gasteiger partial charge in [0.05, 0.1) is 83.7 Å². The summed E-state index contributed by atoms with van der Waals surface area (Å²) in [5.74, 6) is -2.09. The summed E-state index contributed by atoms with van der Waals surface area (Å²) < 4.78 is 4.98. The number of ketones is 1. The minimum absolute atomic E-state index is 0.0611. The second kappa shape index (κ2) is 13.2. The van der Waals surface area contributed by atoms with Gasteiger partial charge in [-0.2, -0.15) is 42.1 Å². The smallest absolute Gasteiger partial charge is 0.305 e. The summed E-state index contributed by atoms with van der Waals surface area (Å²) in [5.41, 5.74) is -3.57. The molecule has 0 amide bonds. The number of carbonyl (C=O) groups is 2. The summed E-state index contributed by atoms with van der Waals surface area (Å²) in [7, 11) is 1.32. The molecule has 15 heteroatoms. The van der Waals surface area contributed by atoms with Crippen molar-refractivity contribution < 1.29 is 14.3 Å². The minimum Gasteiger partial charge on any atom is -0.469 e. The lowest BCUT2D eigenvalue weighted by Crippen LogP contribution is -2.54. The second-order valence-corrected chi connectivity index (χ2v) is 16.7. The van der Waals surface area contributed by atoms with Crippen LogP contribution in [0.2, 0.25) is 0 Å². The molecule has 8 bridgehead atoms. The Morgan fingerprint density at radius 3 is 2.11 bits per heavy atom. The zero-order valence-electron chi connectivity index (χ0n) is 33.8. The van der Waals surface area contributed by atoms with Gasteiger partial charge in [-0.05, 0) is 74.1 Å². The average Bonchev–Trinajstić information content (AvgIpc) is 4.01. The summed E-state index contributed by atoms with van der Waals surface area (Å²) in [4.78, 5) is 43.4. The molecule has 5 aliphatic rings. The van der Waals surface area contributed by atoms with E-state index in [4.69, 9.17) is 14.7 Å². The third-order valence-electron chi connectivity index (χ3n) is 14.4. The number of aromatic nitrogens is 4. The van der Waals surface area contributed by atoms with Crippen LogP contribution < -0.4 is 0 Å². The first-order valence-electron chi connectivity index (χ1n) is 19.5. The van der Waals surface area contributed by atoms with E-state index >= 15 is 0 Å². The van der Waals surface area contributed by atoms with Gasteiger partial charge in [0.15, 0.2) is 27.4 Å². The van der Waals surface area contributed by atoms with Crippen molar-refractivity contribution in [3.63, 3.8) is 0 Å². The Kier molecular flexibility index (Phi) is 8.61. The topological polar surface area (TPSA) is 291 Å². The lowest BCUT2D eigenvalue weighted by Gasteiger charge is -2.49. The van der Waals surface area contributed by atoms with Gasteiger partial charge >= 0.3 is 5.97 Å². The molecule has 2 unspecified atom stereocenters. The first-order valence-corrected chi connectivity index (χ1v) is 19.5. The number of hydrogen-bond acceptors (Lipinski definition) is 13. The number of rotatable bonds is 4. The molecule has 0 radical (unpaired) electrons. The summed E-state index contributed by atoms with van der Waals surface area (Å²) in [6.45, 7) is 7.13. The number of methoxy groups -OCH3 is 1. The summed E-state index contributed by atoms with van der Waals surface area (Å²) in [5, 5.41) is 84.8. The van der Waals surface area contributed by atoms with Gasteiger partial charge in [0.2, 0.25) is 0 Å². The van der Waals surface area contributed by atoms with E-state index in [0.29, 0.717) is 79.0 Å². The first kappa shape index (κ1) is 39.7. The van der Waals surface area contributed by atoms with Crippen LogP contribution >= 0.6 is 0 Å². The van der Waals surface area contributed by atoms with Gasteiger partial charge in [0, 0.05) is 70.4 Å². The molecule has 1 saturated carbocycles. The van der Waals surface area contributed by atoms with Crippen molar-refractivity contribution in [1.82, 2.24) is 19.9 Å². The molecule has 0 saturated heterocycles. The number of nitrogens with one attached hydrogen (secondary N) is 2. The Labute approximate surface area is 350 Å². The van der Waals surface area contributed by atoms with Crippen LogP contribution in [0, 0.1) is 126 Å². The summed E-state index contributed by atoms with van der Waals surface area (Å²) in [6, 6.07) is 21.1. The molecule has 4 atom stereocenters. The Hall–Kier alpha value is -8.08. The number of H-pyrrole nitrogens is 2. The number of fused-ring (bicyclic) bond motifs is 11. The van der Waals surface area contributed by atoms with E-state index in [2.05, 4.69) is 22.1 Å². The molecule has 2 N–H and O–H groups in total. The van der Waals surface area contributed by atoms with Crippen molar-refractivity contribution in [3.05, 3.63) is 74.9 Å². The molecular formula is C46H34N12O3. The van der Waals surface area contributed by atoms with Crippen molar-refractivity contribution in [1.29, 1.82) is 42.1 Å². The molecule has 2 aliphatic heterocycles. The number of Topliss-reactive ketones (excluding diaryl/α,β-unsaturated/α-hetero) is 1. The Bertz CT molecular complexity index is 3090. The monoisotopic (exact) mass is 802 g/mol. The molecule has 3 aliphatic carbocycles. The van der Waals surface area contributed by atoms with Gasteiger partial charge in [-0.15, -0.1) is 0 Å². The quantitative estimate of drug-likeness (QED) is 0.255. The van der Waals surface area contributed by atoms with Crippen LogP contribution in [-0.4, -0.2) is 38.8 Å². The molecule has 0 aromatic carbocycles. The molecule has 296 valence electrons. The normalized spacial score (nSPS) is 23.9. The van der Waals surface area contributed by atoms with Gasteiger partial charge in [-0.1, -0.05) is 13.0 Å². The van der Waals surface area contributed by atoms with E-state index in [0.717, 1.165) is 0 Å². The number of nitrogens with zero attached hydrogens (tertiary/aromatic N) is 10. The first-order chi connectivity index (χ1) is 29.1. The number of hydrogen-bond donors (Lipinski definition) is 2. The van der Waals surface area contributed by atoms with Crippen LogP contribution in [0.25, 0.3) is 27.6 Å². The number of ether oxygens (including phenoxy) is 1. The van der Waals surface area contributed by atoms with Gasteiger partial charge in [-0.25, -0.2) is 0 Å². The number of aryl methyl sites for hydroxylation is 2. The van der Waals surface area contributed by atoms with E-state index < -0.39 is 39.0 Å². The maximum absolute atomic E-state index is 13.9. The van der Waals surface area contributed by atoms with E-state index in [-0.39, 0.29) is 49.0 Å². The standard InChI is InChI=1S/C46H34N12O3/c1-23-26(6-7-37(60)61-5)40-27-10-35(59)39-25(3)32(58-41(27)39)12-33-28-8-9-43(15-47,16-48)46(21-53,22-54)42(28,4)36(56-33)13-34-38(24(2)31(55-34)11-30(23)57-40)29-14-44(17-49,18-50)45(29,19-51)20-52/h8,11-13,23,26,29,55,58H,6-7,9-10,14H2,1-5H3/t23-,26-,29?,42?/m0/s1. The fraction of sp³-hybridized carbons (Fsp3) is 0.391. The maximum atomic E-state index is 13.9. The van der Waals surface area contributed by atoms with Gasteiger partial charge in [0.1, 0.15) is 0 Å². The lowest BCUT2D eigenvalue weighted by molar-refractivity contribution is -0.140. The van der Waals surface area contributed by atoms with E-state index in [1.807, 2.05) is 49.4 Å². The third kappa shape index (κ3) is 4.64. The molecule has 3 aromatic rings. The van der Waals surface area contributed by atoms with E-state index in [9.17, 15) is 51.7 Å². The highest BCUT2D eigenvalue weighted by Gasteiger charge is 2.71. The zero-order valence-corrected chi connectivity index (χ0v) is 33.8. The van der Waals surface area contributed by atoms with E-state index in [1.54, 1.807) is 39.0 Å². The Morgan fingerprint density at radius 2 is 1.51 bits per heavy atom. The van der Waals surface area contributed by atoms with Gasteiger partial charge < -0.3 is 14.7 Å². The zero-order chi connectivity index (χ0) is 44.0. The van der Waals surface area contributed by atoms with Crippen molar-refractivity contribution in [3.8, 4) is 48.6 Å². The molecule has 0 spiro atoms. The minimum atomic E-state index is -2.32. The summed E-state index contributed by atoms with van der Waals surface area (Å²) in [6.07, 6.45) is 1.75. The lowest BCUT2D eigenvalue weighted by atomic mass is 9.44. The van der Waals surface area contributed by atoms with Crippen LogP contribution in [0.3, 0.4) is 0 Å². The van der Waals surface area contributed by atoms with Gasteiger partial charge in [0.25, 0.3) is 0 Å². The van der Waals surface area contributed by atoms with Crippen molar-refractivity contribution >= 4 is 39.4 Å². The van der Waals surface area contributed by atoms with Crippen molar-refractivity contribution in [2.24, 2.45) is 21.7 Å². The fourth-order valence-corrected chi connectivity index (χ4v) is 10.7. The van der Waals surface area contributed by atoms with Crippen LogP contribution in [0.5, 0.6) is 0 Å². The molecule has 5 heterocycles. The maximum Gasteiger partial charge on any atom is 0.305 e. The number of nitriles is 8. The number of esters is 1. The highest BCUT2D eigenvalue weighted by atomic mass is 16.5. The Morgan fingerprint density at radius 1 is 0.852 bits per heavy atom. The Balaban J connectivity index is 1.56. The molecule has 1 fully saturated rings. The van der Waals surface area contributed by atoms with Crippen LogP contribution in [0.1, 0.15) is 113 Å². The fourth-order valence-electron chi connectivity index (χ4n) is 10.7. The summed E-state index contributed by atoms with van der Waals surface area (Å²) >= 11 is 0. The SMILES string of the molecule is COC(=O)CC[C@@H]1c2nc(cc3[nH]c(cc4nc(cc5[nH]c6c2CC(=O)c6c5C)C2=CCC(C#N)(C#N)C(C#N)(C#N)C24C)c(C2CC(C#N)(C#N)C2(C#N)C#N)c3C)[C@H]1C. The van der Waals surface area contributed by atoms with Crippen LogP contribution in [-0.2, 0) is 21.4 Å². The third-order valence-corrected chi connectivity index (χ3v) is 14.4. The molecule has 8 rings (SSSR count). The average molecular weight is 803 g/mol. The second-order valence-electron chi connectivity index (χ2n) is 16.7. The molecule has 61 heavy (non-hydrogen) atoms. The highest BCUT2D eigenvalue weighted by Crippen LogP contribution is 2.67. The van der Waals surface area contributed by atoms with Crippen LogP contribution in [0.4, 0.5) is 0 Å². The number of allylic oxidation sites excluding steroid dienone is 2. The molecular weight excluding hydrogens is 769 g/mol. The van der Waals surface area contributed by atoms with Gasteiger partial charge in [-0.3, -0.25) is 19.6 Å². The molecule has 3 aromatic heterocycles.